The molecule has 0 atom stereocenters. The smallest absolute Gasteiger partial charge is 0.263 e. The summed E-state index contributed by atoms with van der Waals surface area (Å²) in [5, 5.41) is 4.09. The largest absolute Gasteiger partial charge is 0.454 e. The standard InChI is InChI=1S/C22H24N2O4/c1-16(19-7-8-20-21(13-19)27-15-26-20)23-28-14-22(25)24-11-9-18(10-12-24)17-5-3-2-4-6-17/h2-8,13,18H,9-12,14-15H2,1H3/b23-16+. The highest BCUT2D eigenvalue weighted by atomic mass is 16.7. The normalized spacial score (nSPS) is 16.9. The average molecular weight is 380 g/mol. The maximum atomic E-state index is 12.4. The van der Waals surface area contributed by atoms with Gasteiger partial charge in [0.1, 0.15) is 0 Å². The Bertz CT molecular complexity index is 858. The molecular weight excluding hydrogens is 356 g/mol. The van der Waals surface area contributed by atoms with E-state index < -0.39 is 0 Å². The van der Waals surface area contributed by atoms with Crippen LogP contribution in [0.5, 0.6) is 11.5 Å². The molecule has 0 N–H and O–H groups in total. The van der Waals surface area contributed by atoms with Crippen LogP contribution in [-0.4, -0.2) is 43.0 Å². The number of piperidine rings is 1. The predicted octanol–water partition coefficient (Wildman–Crippen LogP) is 3.56. The Kier molecular flexibility index (Phi) is 5.46. The van der Waals surface area contributed by atoms with Crippen molar-refractivity contribution in [2.45, 2.75) is 25.7 Å². The molecule has 0 radical (unpaired) electrons. The summed E-state index contributed by atoms with van der Waals surface area (Å²) in [7, 11) is 0. The average Bonchev–Trinajstić information content (AvgIpc) is 3.22. The van der Waals surface area contributed by atoms with Crippen LogP contribution in [0.15, 0.2) is 53.7 Å². The molecular formula is C22H24N2O4. The Hall–Kier alpha value is -3.02. The van der Waals surface area contributed by atoms with Crippen molar-refractivity contribution in [1.29, 1.82) is 0 Å². The van der Waals surface area contributed by atoms with E-state index in [0.717, 1.165) is 37.2 Å². The molecule has 1 fully saturated rings. The second-order valence-corrected chi connectivity index (χ2v) is 7.08. The van der Waals surface area contributed by atoms with Crippen molar-refractivity contribution in [2.24, 2.45) is 5.16 Å². The van der Waals surface area contributed by atoms with Crippen LogP contribution in [0.4, 0.5) is 0 Å². The number of carbonyl (C=O) groups excluding carboxylic acids is 1. The molecule has 2 aromatic carbocycles. The first kappa shape index (κ1) is 18.3. The molecule has 146 valence electrons. The van der Waals surface area contributed by atoms with E-state index in [0.29, 0.717) is 17.4 Å². The lowest BCUT2D eigenvalue weighted by molar-refractivity contribution is -0.137. The third kappa shape index (κ3) is 4.11. The zero-order valence-electron chi connectivity index (χ0n) is 16.0. The van der Waals surface area contributed by atoms with Crippen LogP contribution in [0.3, 0.4) is 0 Å². The van der Waals surface area contributed by atoms with E-state index in [2.05, 4.69) is 29.4 Å². The minimum Gasteiger partial charge on any atom is -0.454 e. The van der Waals surface area contributed by atoms with Gasteiger partial charge in [-0.3, -0.25) is 4.79 Å². The van der Waals surface area contributed by atoms with Crippen molar-refractivity contribution in [3.63, 3.8) is 0 Å². The Labute approximate surface area is 164 Å². The minimum atomic E-state index is -0.0438. The first-order valence-corrected chi connectivity index (χ1v) is 9.60. The molecule has 1 amide bonds. The van der Waals surface area contributed by atoms with E-state index in [1.807, 2.05) is 36.1 Å². The number of rotatable bonds is 5. The Morgan fingerprint density at radius 3 is 2.64 bits per heavy atom. The van der Waals surface area contributed by atoms with Gasteiger partial charge in [0.15, 0.2) is 18.1 Å². The number of likely N-dealkylation sites (tertiary alicyclic amines) is 1. The molecule has 1 saturated heterocycles. The van der Waals surface area contributed by atoms with Gasteiger partial charge in [-0.05, 0) is 49.4 Å². The number of amides is 1. The maximum Gasteiger partial charge on any atom is 0.263 e. The number of benzene rings is 2. The van der Waals surface area contributed by atoms with Gasteiger partial charge >= 0.3 is 0 Å². The summed E-state index contributed by atoms with van der Waals surface area (Å²) in [6.45, 7) is 3.55. The summed E-state index contributed by atoms with van der Waals surface area (Å²) in [5.41, 5.74) is 2.92. The van der Waals surface area contributed by atoms with Gasteiger partial charge in [-0.1, -0.05) is 35.5 Å². The second kappa shape index (κ2) is 8.33. The van der Waals surface area contributed by atoms with Crippen LogP contribution in [-0.2, 0) is 9.63 Å². The molecule has 0 unspecified atom stereocenters. The fourth-order valence-corrected chi connectivity index (χ4v) is 3.64. The lowest BCUT2D eigenvalue weighted by Crippen LogP contribution is -2.39. The van der Waals surface area contributed by atoms with E-state index >= 15 is 0 Å². The summed E-state index contributed by atoms with van der Waals surface area (Å²) in [4.78, 5) is 19.6. The predicted molar refractivity (Wildman–Crippen MR) is 106 cm³/mol. The van der Waals surface area contributed by atoms with Crippen molar-refractivity contribution in [3.8, 4) is 11.5 Å². The first-order valence-electron chi connectivity index (χ1n) is 9.60. The molecule has 0 spiro atoms. The van der Waals surface area contributed by atoms with E-state index in [1.165, 1.54) is 5.56 Å². The van der Waals surface area contributed by atoms with E-state index in [4.69, 9.17) is 14.3 Å². The number of hydrogen-bond acceptors (Lipinski definition) is 5. The fraction of sp³-hybridized carbons (Fsp3) is 0.364. The number of oxime groups is 1. The second-order valence-electron chi connectivity index (χ2n) is 7.08. The van der Waals surface area contributed by atoms with Gasteiger partial charge in [0.2, 0.25) is 6.79 Å². The summed E-state index contributed by atoms with van der Waals surface area (Å²) >= 11 is 0. The molecule has 6 nitrogen and oxygen atoms in total. The third-order valence-corrected chi connectivity index (χ3v) is 5.30. The summed E-state index contributed by atoms with van der Waals surface area (Å²) in [6.07, 6.45) is 1.96. The summed E-state index contributed by atoms with van der Waals surface area (Å²) < 4.78 is 10.7. The van der Waals surface area contributed by atoms with Gasteiger partial charge in [-0.15, -0.1) is 0 Å². The molecule has 0 aromatic heterocycles. The molecule has 2 aliphatic rings. The van der Waals surface area contributed by atoms with E-state index in [-0.39, 0.29) is 19.3 Å². The van der Waals surface area contributed by atoms with Crippen LogP contribution < -0.4 is 9.47 Å². The Morgan fingerprint density at radius 1 is 1.11 bits per heavy atom. The zero-order chi connectivity index (χ0) is 19.3. The molecule has 6 heteroatoms. The highest BCUT2D eigenvalue weighted by Gasteiger charge is 2.24. The quantitative estimate of drug-likeness (QED) is 0.588. The van der Waals surface area contributed by atoms with E-state index in [9.17, 15) is 4.79 Å². The SMILES string of the molecule is C/C(=N\OCC(=O)N1CCC(c2ccccc2)CC1)c1ccc2c(c1)OCO2. The van der Waals surface area contributed by atoms with Crippen LogP contribution in [0.1, 0.15) is 36.8 Å². The molecule has 0 bridgehead atoms. The molecule has 4 rings (SSSR count). The van der Waals surface area contributed by atoms with E-state index in [1.54, 1.807) is 0 Å². The topological polar surface area (TPSA) is 60.4 Å². The van der Waals surface area contributed by atoms with Gasteiger partial charge in [0.05, 0.1) is 5.71 Å². The third-order valence-electron chi connectivity index (χ3n) is 5.30. The highest BCUT2D eigenvalue weighted by Crippen LogP contribution is 2.32. The maximum absolute atomic E-state index is 12.4. The van der Waals surface area contributed by atoms with Crippen molar-refractivity contribution in [3.05, 3.63) is 59.7 Å². The minimum absolute atomic E-state index is 0.0197. The molecule has 28 heavy (non-hydrogen) atoms. The monoisotopic (exact) mass is 380 g/mol. The first-order chi connectivity index (χ1) is 13.7. The zero-order valence-corrected chi connectivity index (χ0v) is 16.0. The van der Waals surface area contributed by atoms with Crippen molar-refractivity contribution >= 4 is 11.6 Å². The fourth-order valence-electron chi connectivity index (χ4n) is 3.64. The van der Waals surface area contributed by atoms with Gasteiger partial charge in [0, 0.05) is 18.7 Å². The van der Waals surface area contributed by atoms with Gasteiger partial charge < -0.3 is 19.2 Å². The van der Waals surface area contributed by atoms with Crippen molar-refractivity contribution in [2.75, 3.05) is 26.5 Å². The van der Waals surface area contributed by atoms with Crippen LogP contribution in [0.2, 0.25) is 0 Å². The Morgan fingerprint density at radius 2 is 1.86 bits per heavy atom. The summed E-state index contributed by atoms with van der Waals surface area (Å²) in [6, 6.07) is 16.1. The lowest BCUT2D eigenvalue weighted by Gasteiger charge is -2.32. The molecule has 2 heterocycles. The molecule has 0 aliphatic carbocycles. The van der Waals surface area contributed by atoms with Crippen LogP contribution in [0, 0.1) is 0 Å². The Balaban J connectivity index is 1.26. The van der Waals surface area contributed by atoms with Crippen LogP contribution >= 0.6 is 0 Å². The summed E-state index contributed by atoms with van der Waals surface area (Å²) in [5.74, 6) is 1.93. The number of hydrogen-bond donors (Lipinski definition) is 0. The van der Waals surface area contributed by atoms with Gasteiger partial charge in [0.25, 0.3) is 5.91 Å². The number of nitrogens with zero attached hydrogens (tertiary/aromatic N) is 2. The molecule has 2 aliphatic heterocycles. The number of carbonyl (C=O) groups is 1. The highest BCUT2D eigenvalue weighted by molar-refractivity contribution is 5.99. The number of ether oxygens (including phenoxy) is 2. The van der Waals surface area contributed by atoms with Crippen molar-refractivity contribution in [1.82, 2.24) is 4.90 Å². The number of fused-ring (bicyclic) bond motifs is 1. The van der Waals surface area contributed by atoms with Gasteiger partial charge in [-0.2, -0.15) is 0 Å². The molecule has 0 saturated carbocycles. The molecule has 2 aromatic rings. The lowest BCUT2D eigenvalue weighted by atomic mass is 9.89. The van der Waals surface area contributed by atoms with Crippen LogP contribution in [0.25, 0.3) is 0 Å². The van der Waals surface area contributed by atoms with Gasteiger partial charge in [-0.25, -0.2) is 0 Å². The van der Waals surface area contributed by atoms with Crippen molar-refractivity contribution < 1.29 is 19.1 Å².